The van der Waals surface area contributed by atoms with Crippen LogP contribution in [0.25, 0.3) is 0 Å². The number of alkyl carbamates (subject to hydrolysis) is 1. The van der Waals surface area contributed by atoms with Gasteiger partial charge in [0.25, 0.3) is 11.4 Å². The maximum Gasteiger partial charge on any atom is 0.415 e. The summed E-state index contributed by atoms with van der Waals surface area (Å²) in [7, 11) is -0.383. The van der Waals surface area contributed by atoms with Crippen molar-refractivity contribution in [2.24, 2.45) is 11.8 Å². The number of carbonyl (C=O) groups is 5. The molecule has 0 aliphatic carbocycles. The molecule has 2 amide bonds. The first-order chi connectivity index (χ1) is 25.1. The molecule has 17 nitrogen and oxygen atoms in total. The van der Waals surface area contributed by atoms with Crippen LogP contribution in [-0.4, -0.2) is 96.7 Å². The number of β-lactam (4-membered cyclic amide) rings is 1. The minimum atomic E-state index is -2.10. The first-order valence-electron chi connectivity index (χ1n) is 17.3. The maximum absolute atomic E-state index is 13.8. The molecule has 0 saturated carbocycles. The summed E-state index contributed by atoms with van der Waals surface area (Å²) in [4.78, 5) is 88.9. The average Bonchev–Trinajstić information content (AvgIpc) is 3.37. The first-order valence-corrected chi connectivity index (χ1v) is 19.8. The number of carbonyl (C=O) groups excluding carboxylic acids is 5. The Kier molecular flexibility index (Phi) is 13.0. The number of non-ortho nitro benzene ring substituents is 2. The SMILES string of the molecule is CC[Si](CC)(CC)O[C@H](C)[C@H]1C(=O)N2C(C(=O)OC(=O)c3ccc([N+](=O)[O-])cc3)=C(CN(C)CCNC(=O)OC(=O)c3ccc([N+](=O)[O-])cc3)[C@H](C)[C@H]12. The zero-order valence-corrected chi connectivity index (χ0v) is 31.4. The van der Waals surface area contributed by atoms with E-state index in [1.807, 2.05) is 13.8 Å². The fourth-order valence-electron chi connectivity index (χ4n) is 6.82. The van der Waals surface area contributed by atoms with Gasteiger partial charge >= 0.3 is 24.0 Å². The van der Waals surface area contributed by atoms with Crippen LogP contribution in [0.2, 0.25) is 18.1 Å². The number of benzene rings is 2. The topological polar surface area (TPSA) is 218 Å². The van der Waals surface area contributed by atoms with Crippen LogP contribution in [0.15, 0.2) is 59.8 Å². The first kappa shape index (κ1) is 40.4. The number of rotatable bonds is 16. The predicted molar refractivity (Wildman–Crippen MR) is 191 cm³/mol. The highest BCUT2D eigenvalue weighted by Crippen LogP contribution is 2.48. The van der Waals surface area contributed by atoms with Crippen molar-refractivity contribution in [1.82, 2.24) is 15.1 Å². The largest absolute Gasteiger partial charge is 0.415 e. The minimum Gasteiger partial charge on any atom is -0.413 e. The molecule has 0 radical (unpaired) electrons. The highest BCUT2D eigenvalue weighted by atomic mass is 28.4. The van der Waals surface area contributed by atoms with Crippen LogP contribution in [0.4, 0.5) is 16.2 Å². The fraction of sp³-hybridized carbons (Fsp3) is 0.457. The molecule has 1 N–H and O–H groups in total. The Morgan fingerprint density at radius 2 is 1.36 bits per heavy atom. The van der Waals surface area contributed by atoms with Crippen LogP contribution in [-0.2, 0) is 23.5 Å². The summed E-state index contributed by atoms with van der Waals surface area (Å²) >= 11 is 0. The lowest BCUT2D eigenvalue weighted by Crippen LogP contribution is -2.65. The molecule has 4 rings (SSSR count). The second kappa shape index (κ2) is 17.0. The number of fused-ring (bicyclic) bond motifs is 1. The van der Waals surface area contributed by atoms with Crippen molar-refractivity contribution in [2.75, 3.05) is 26.7 Å². The molecule has 1 fully saturated rings. The van der Waals surface area contributed by atoms with Gasteiger partial charge < -0.3 is 29.0 Å². The standard InChI is InChI=1S/C35H43N5O12Si/c1-7-53(8-2,9-3)52-22(5)28-29-21(4)27(20-37(6)19-18-36-35(45)51-33(43)24-12-16-26(17-13-24)40(48)49)30(38(29)31(28)41)34(44)50-32(42)23-10-14-25(15-11-23)39(46)47/h10-17,21-22,28-29H,7-9,18-20H2,1-6H3,(H,36,45)/t21-,22+,28+,29+/m0/s1. The number of hydrogen-bond donors (Lipinski definition) is 1. The third-order valence-electron chi connectivity index (χ3n) is 10.1. The van der Waals surface area contributed by atoms with Crippen LogP contribution in [0.5, 0.6) is 0 Å². The van der Waals surface area contributed by atoms with Crippen molar-refractivity contribution in [3.05, 3.63) is 91.2 Å². The number of nitro benzene ring substituents is 2. The molecule has 4 atom stereocenters. The highest BCUT2D eigenvalue weighted by Gasteiger charge is 2.61. The molecule has 2 heterocycles. The van der Waals surface area contributed by atoms with Crippen LogP contribution in [0.1, 0.15) is 55.3 Å². The normalized spacial score (nSPS) is 18.6. The van der Waals surface area contributed by atoms with Gasteiger partial charge in [-0.05, 0) is 61.9 Å². The van der Waals surface area contributed by atoms with Gasteiger partial charge in [-0.15, -0.1) is 0 Å². The average molecular weight is 754 g/mol. The molecule has 0 spiro atoms. The van der Waals surface area contributed by atoms with Crippen LogP contribution in [0, 0.1) is 32.1 Å². The number of nitrogens with zero attached hydrogens (tertiary/aromatic N) is 4. The van der Waals surface area contributed by atoms with E-state index in [4.69, 9.17) is 13.9 Å². The molecule has 2 aromatic rings. The number of nitro groups is 2. The van der Waals surface area contributed by atoms with Crippen molar-refractivity contribution in [3.63, 3.8) is 0 Å². The summed E-state index contributed by atoms with van der Waals surface area (Å²) < 4.78 is 16.7. The summed E-state index contributed by atoms with van der Waals surface area (Å²) in [6.07, 6.45) is -1.46. The van der Waals surface area contributed by atoms with Gasteiger partial charge in [0, 0.05) is 49.8 Å². The summed E-state index contributed by atoms with van der Waals surface area (Å²) in [5, 5.41) is 24.3. The van der Waals surface area contributed by atoms with Gasteiger partial charge in [-0.3, -0.25) is 25.0 Å². The Morgan fingerprint density at radius 3 is 1.83 bits per heavy atom. The van der Waals surface area contributed by atoms with Crippen molar-refractivity contribution in [1.29, 1.82) is 0 Å². The second-order valence-corrected chi connectivity index (χ2v) is 17.8. The maximum atomic E-state index is 13.8. The van der Waals surface area contributed by atoms with E-state index >= 15 is 0 Å². The molecule has 53 heavy (non-hydrogen) atoms. The highest BCUT2D eigenvalue weighted by molar-refractivity contribution is 6.73. The van der Waals surface area contributed by atoms with Gasteiger partial charge in [0.2, 0.25) is 5.91 Å². The molecule has 2 aliphatic heterocycles. The molecular weight excluding hydrogens is 710 g/mol. The predicted octanol–water partition coefficient (Wildman–Crippen LogP) is 4.83. The lowest BCUT2D eigenvalue weighted by molar-refractivity contribution is -0.385. The minimum absolute atomic E-state index is 0.0142. The third kappa shape index (κ3) is 8.83. The van der Waals surface area contributed by atoms with E-state index in [-0.39, 0.29) is 59.7 Å². The molecule has 0 aromatic heterocycles. The summed E-state index contributed by atoms with van der Waals surface area (Å²) in [6.45, 7) is 10.4. The monoisotopic (exact) mass is 753 g/mol. The number of likely N-dealkylation sites (N-methyl/N-ethyl adjacent to an activating group) is 1. The number of ether oxygens (including phenoxy) is 2. The Hall–Kier alpha value is -5.33. The second-order valence-electron chi connectivity index (χ2n) is 13.1. The number of hydrogen-bond acceptors (Lipinski definition) is 13. The quantitative estimate of drug-likeness (QED) is 0.0608. The molecule has 0 bridgehead atoms. The van der Waals surface area contributed by atoms with Gasteiger partial charge in [0.05, 0.1) is 39.0 Å². The summed E-state index contributed by atoms with van der Waals surface area (Å²) in [5.74, 6) is -4.30. The summed E-state index contributed by atoms with van der Waals surface area (Å²) in [5.41, 5.74) is -0.158. The molecule has 0 unspecified atom stereocenters. The van der Waals surface area contributed by atoms with Crippen molar-refractivity contribution >= 4 is 49.6 Å². The van der Waals surface area contributed by atoms with Gasteiger partial charge in [-0.1, -0.05) is 27.7 Å². The Bertz CT molecular complexity index is 1790. The van der Waals surface area contributed by atoms with E-state index in [1.165, 1.54) is 29.2 Å². The lowest BCUT2D eigenvalue weighted by atomic mass is 9.77. The zero-order chi connectivity index (χ0) is 39.2. The molecule has 18 heteroatoms. The van der Waals surface area contributed by atoms with E-state index in [9.17, 15) is 44.2 Å². The Balaban J connectivity index is 1.48. The van der Waals surface area contributed by atoms with E-state index in [2.05, 4.69) is 26.1 Å². The summed E-state index contributed by atoms with van der Waals surface area (Å²) in [6, 6.07) is 11.3. The van der Waals surface area contributed by atoms with Crippen LogP contribution >= 0.6 is 0 Å². The van der Waals surface area contributed by atoms with Crippen molar-refractivity contribution in [3.8, 4) is 0 Å². The van der Waals surface area contributed by atoms with Crippen LogP contribution in [0.3, 0.4) is 0 Å². The van der Waals surface area contributed by atoms with Crippen LogP contribution < -0.4 is 5.32 Å². The fourth-order valence-corrected chi connectivity index (χ4v) is 9.76. The third-order valence-corrected chi connectivity index (χ3v) is 14.8. The molecule has 2 aliphatic rings. The van der Waals surface area contributed by atoms with Gasteiger partial charge in [0.15, 0.2) is 8.32 Å². The Morgan fingerprint density at radius 1 is 0.868 bits per heavy atom. The number of esters is 3. The van der Waals surface area contributed by atoms with Crippen molar-refractivity contribution in [2.45, 2.75) is 64.9 Å². The smallest absolute Gasteiger partial charge is 0.413 e. The Labute approximate surface area is 306 Å². The van der Waals surface area contributed by atoms with E-state index in [0.29, 0.717) is 5.57 Å². The van der Waals surface area contributed by atoms with Gasteiger partial charge in [-0.25, -0.2) is 19.2 Å². The van der Waals surface area contributed by atoms with E-state index in [1.54, 1.807) is 11.9 Å². The number of amides is 2. The van der Waals surface area contributed by atoms with E-state index < -0.39 is 60.2 Å². The molecule has 1 saturated heterocycles. The van der Waals surface area contributed by atoms with E-state index in [0.717, 1.165) is 42.4 Å². The number of nitrogens with one attached hydrogen (secondary N) is 1. The van der Waals surface area contributed by atoms with Gasteiger partial charge in [0.1, 0.15) is 5.70 Å². The molecular formula is C35H43N5O12Si. The van der Waals surface area contributed by atoms with Crippen molar-refractivity contribution < 1.29 is 47.7 Å². The zero-order valence-electron chi connectivity index (χ0n) is 30.4. The lowest BCUT2D eigenvalue weighted by Gasteiger charge is -2.49. The van der Waals surface area contributed by atoms with Gasteiger partial charge in [-0.2, -0.15) is 0 Å². The molecule has 2 aromatic carbocycles. The molecule has 284 valence electrons.